The van der Waals surface area contributed by atoms with E-state index in [9.17, 15) is 0 Å². The molecule has 0 fully saturated rings. The van der Waals surface area contributed by atoms with Crippen molar-refractivity contribution in [3.05, 3.63) is 59.9 Å². The van der Waals surface area contributed by atoms with E-state index in [1.54, 1.807) is 11.8 Å². The fraction of sp³-hybridized carbons (Fsp3) is 0.353. The van der Waals surface area contributed by atoms with Gasteiger partial charge in [-0.2, -0.15) is 0 Å². The highest BCUT2D eigenvalue weighted by Gasteiger charge is 2.14. The Labute approximate surface area is 170 Å². The standard InChI is InChI=1S/C17H22N6S.2ClH/c1-13(2)23-12-19-9-15(23)11-24-17-21-20-16(8-18)22(17)10-14-6-4-3-5-7-14;;/h3-7,9,12-13H,8,10-11,18H2,1-2H3;2*1H. The molecule has 2 N–H and O–H groups in total. The Hall–Kier alpha value is -1.54. The Morgan fingerprint density at radius 1 is 1.12 bits per heavy atom. The molecule has 0 bridgehead atoms. The number of halogens is 2. The first-order valence-electron chi connectivity index (χ1n) is 7.98. The Morgan fingerprint density at radius 3 is 2.50 bits per heavy atom. The number of nitrogens with two attached hydrogens (primary N) is 1. The van der Waals surface area contributed by atoms with Crippen LogP contribution >= 0.6 is 36.6 Å². The summed E-state index contributed by atoms with van der Waals surface area (Å²) in [6.45, 7) is 5.41. The highest BCUT2D eigenvalue weighted by molar-refractivity contribution is 7.98. The molecule has 0 amide bonds. The van der Waals surface area contributed by atoms with Crippen molar-refractivity contribution in [3.63, 3.8) is 0 Å². The lowest BCUT2D eigenvalue weighted by Crippen LogP contribution is -2.10. The van der Waals surface area contributed by atoms with Crippen LogP contribution in [0.15, 0.2) is 48.0 Å². The molecule has 0 aliphatic rings. The molecule has 0 unspecified atom stereocenters. The van der Waals surface area contributed by atoms with Gasteiger partial charge in [-0.15, -0.1) is 35.0 Å². The Bertz CT molecular complexity index is 788. The third-order valence-electron chi connectivity index (χ3n) is 3.81. The van der Waals surface area contributed by atoms with E-state index in [0.29, 0.717) is 12.6 Å². The van der Waals surface area contributed by atoms with Crippen LogP contribution in [-0.2, 0) is 18.8 Å². The number of thioether (sulfide) groups is 1. The number of benzene rings is 1. The van der Waals surface area contributed by atoms with Gasteiger partial charge in [-0.05, 0) is 19.4 Å². The van der Waals surface area contributed by atoms with Gasteiger partial charge in [0.15, 0.2) is 5.16 Å². The number of aromatic nitrogens is 5. The summed E-state index contributed by atoms with van der Waals surface area (Å²) >= 11 is 1.66. The van der Waals surface area contributed by atoms with Crippen molar-refractivity contribution in [3.8, 4) is 0 Å². The quantitative estimate of drug-likeness (QED) is 0.596. The van der Waals surface area contributed by atoms with Gasteiger partial charge in [0.05, 0.1) is 19.4 Å². The first-order valence-corrected chi connectivity index (χ1v) is 8.97. The Kier molecular flexibility index (Phi) is 9.15. The zero-order chi connectivity index (χ0) is 16.9. The van der Waals surface area contributed by atoms with E-state index in [0.717, 1.165) is 23.3 Å². The van der Waals surface area contributed by atoms with E-state index >= 15 is 0 Å². The zero-order valence-corrected chi connectivity index (χ0v) is 17.2. The van der Waals surface area contributed by atoms with Crippen molar-refractivity contribution < 1.29 is 0 Å². The minimum Gasteiger partial charge on any atom is -0.331 e. The van der Waals surface area contributed by atoms with Crippen LogP contribution < -0.4 is 5.73 Å². The number of nitrogens with zero attached hydrogens (tertiary/aromatic N) is 5. The summed E-state index contributed by atoms with van der Waals surface area (Å²) in [5.41, 5.74) is 8.21. The molecule has 0 aliphatic heterocycles. The zero-order valence-electron chi connectivity index (χ0n) is 14.8. The second-order valence-corrected chi connectivity index (χ2v) is 6.79. The molecule has 0 saturated heterocycles. The van der Waals surface area contributed by atoms with Crippen LogP contribution in [0, 0.1) is 0 Å². The third-order valence-corrected chi connectivity index (χ3v) is 4.81. The van der Waals surface area contributed by atoms with E-state index < -0.39 is 0 Å². The van der Waals surface area contributed by atoms with Crippen LogP contribution in [-0.4, -0.2) is 24.3 Å². The molecule has 3 aromatic rings. The first-order chi connectivity index (χ1) is 11.7. The molecule has 6 nitrogen and oxygen atoms in total. The fourth-order valence-corrected chi connectivity index (χ4v) is 3.47. The van der Waals surface area contributed by atoms with Crippen LogP contribution in [0.5, 0.6) is 0 Å². The van der Waals surface area contributed by atoms with Gasteiger partial charge in [-0.3, -0.25) is 0 Å². The van der Waals surface area contributed by atoms with Crippen LogP contribution in [0.4, 0.5) is 0 Å². The second-order valence-electron chi connectivity index (χ2n) is 5.85. The highest BCUT2D eigenvalue weighted by atomic mass is 35.5. The van der Waals surface area contributed by atoms with Crippen molar-refractivity contribution in [2.45, 2.75) is 43.9 Å². The van der Waals surface area contributed by atoms with E-state index in [2.05, 4.69) is 50.3 Å². The van der Waals surface area contributed by atoms with Gasteiger partial charge in [0.2, 0.25) is 0 Å². The van der Waals surface area contributed by atoms with Gasteiger partial charge < -0.3 is 14.9 Å². The number of imidazole rings is 1. The molecule has 3 rings (SSSR count). The lowest BCUT2D eigenvalue weighted by molar-refractivity contribution is 0.583. The number of rotatable bonds is 7. The average Bonchev–Trinajstić information content (AvgIpc) is 3.20. The molecule has 26 heavy (non-hydrogen) atoms. The SMILES string of the molecule is CC(C)n1cncc1CSc1nnc(CN)n1Cc1ccccc1.Cl.Cl. The van der Waals surface area contributed by atoms with E-state index in [4.69, 9.17) is 5.73 Å². The maximum Gasteiger partial charge on any atom is 0.191 e. The van der Waals surface area contributed by atoms with Crippen LogP contribution in [0.3, 0.4) is 0 Å². The summed E-state index contributed by atoms with van der Waals surface area (Å²) in [5, 5.41) is 9.44. The molecule has 9 heteroatoms. The van der Waals surface area contributed by atoms with Crippen molar-refractivity contribution in [1.82, 2.24) is 24.3 Å². The van der Waals surface area contributed by atoms with Crippen molar-refractivity contribution >= 4 is 36.6 Å². The molecule has 2 aromatic heterocycles. The van der Waals surface area contributed by atoms with Crippen LogP contribution in [0.25, 0.3) is 0 Å². The molecule has 0 radical (unpaired) electrons. The third kappa shape index (κ3) is 5.23. The van der Waals surface area contributed by atoms with Crippen molar-refractivity contribution in [1.29, 1.82) is 0 Å². The largest absolute Gasteiger partial charge is 0.331 e. The van der Waals surface area contributed by atoms with Crippen LogP contribution in [0.1, 0.15) is 37.0 Å². The minimum atomic E-state index is 0. The Morgan fingerprint density at radius 2 is 1.85 bits per heavy atom. The average molecular weight is 415 g/mol. The van der Waals surface area contributed by atoms with Crippen LogP contribution in [0.2, 0.25) is 0 Å². The monoisotopic (exact) mass is 414 g/mol. The summed E-state index contributed by atoms with van der Waals surface area (Å²) in [5.74, 6) is 1.61. The second kappa shape index (κ2) is 10.6. The number of hydrogen-bond donors (Lipinski definition) is 1. The number of hydrogen-bond acceptors (Lipinski definition) is 5. The summed E-state index contributed by atoms with van der Waals surface area (Å²) in [6, 6.07) is 10.7. The molecular formula is C17H24Cl2N6S. The van der Waals surface area contributed by atoms with Gasteiger partial charge >= 0.3 is 0 Å². The fourth-order valence-electron chi connectivity index (χ4n) is 2.55. The summed E-state index contributed by atoms with van der Waals surface area (Å²) in [4.78, 5) is 4.25. The maximum absolute atomic E-state index is 5.83. The van der Waals surface area contributed by atoms with Gasteiger partial charge in [0.1, 0.15) is 5.82 Å². The summed E-state index contributed by atoms with van der Waals surface area (Å²) < 4.78 is 4.27. The smallest absolute Gasteiger partial charge is 0.191 e. The molecule has 1 aromatic carbocycles. The maximum atomic E-state index is 5.83. The molecule has 2 heterocycles. The predicted octanol–water partition coefficient (Wildman–Crippen LogP) is 3.70. The summed E-state index contributed by atoms with van der Waals surface area (Å²) in [6.07, 6.45) is 3.79. The lowest BCUT2D eigenvalue weighted by Gasteiger charge is -2.12. The van der Waals surface area contributed by atoms with E-state index in [1.807, 2.05) is 30.7 Å². The lowest BCUT2D eigenvalue weighted by atomic mass is 10.2. The minimum absolute atomic E-state index is 0. The molecule has 0 aliphatic carbocycles. The normalized spacial score (nSPS) is 10.5. The predicted molar refractivity (Wildman–Crippen MR) is 110 cm³/mol. The van der Waals surface area contributed by atoms with Crippen molar-refractivity contribution in [2.24, 2.45) is 5.73 Å². The van der Waals surface area contributed by atoms with Crippen molar-refractivity contribution in [2.75, 3.05) is 0 Å². The van der Waals surface area contributed by atoms with Gasteiger partial charge in [0.25, 0.3) is 0 Å². The summed E-state index contributed by atoms with van der Waals surface area (Å²) in [7, 11) is 0. The van der Waals surface area contributed by atoms with Gasteiger partial charge in [-0.25, -0.2) is 4.98 Å². The highest BCUT2D eigenvalue weighted by Crippen LogP contribution is 2.24. The molecular weight excluding hydrogens is 391 g/mol. The molecule has 0 spiro atoms. The van der Waals surface area contributed by atoms with Gasteiger partial charge in [0, 0.05) is 23.7 Å². The molecule has 142 valence electrons. The van der Waals surface area contributed by atoms with Gasteiger partial charge in [-0.1, -0.05) is 42.1 Å². The Balaban J connectivity index is 0.00000169. The van der Waals surface area contributed by atoms with E-state index in [-0.39, 0.29) is 24.8 Å². The molecule has 0 atom stereocenters. The molecule has 0 saturated carbocycles. The first kappa shape index (κ1) is 22.5. The topological polar surface area (TPSA) is 74.6 Å². The van der Waals surface area contributed by atoms with E-state index in [1.165, 1.54) is 11.3 Å².